The van der Waals surface area contributed by atoms with Crippen LogP contribution in [0, 0.1) is 5.95 Å². The highest BCUT2D eigenvalue weighted by Crippen LogP contribution is 2.23. The van der Waals surface area contributed by atoms with Crippen molar-refractivity contribution in [2.24, 2.45) is 12.2 Å². The lowest BCUT2D eigenvalue weighted by molar-refractivity contribution is -0.115. The number of rotatable bonds is 7. The lowest BCUT2D eigenvalue weighted by Crippen LogP contribution is -2.18. The van der Waals surface area contributed by atoms with E-state index in [1.807, 2.05) is 0 Å². The highest BCUT2D eigenvalue weighted by molar-refractivity contribution is 7.89. The van der Waals surface area contributed by atoms with Crippen LogP contribution in [-0.2, 0) is 34.9 Å². The average molecular weight is 453 g/mol. The molecule has 8 nitrogen and oxygen atoms in total. The summed E-state index contributed by atoms with van der Waals surface area (Å²) in [6, 6.07) is 12.2. The van der Waals surface area contributed by atoms with Crippen LogP contribution < -0.4 is 15.2 Å². The molecular weight excluding hydrogens is 435 g/mol. The smallest absolute Gasteiger partial charge is 0.238 e. The summed E-state index contributed by atoms with van der Waals surface area (Å²) < 4.78 is 43.8. The van der Waals surface area contributed by atoms with E-state index < -0.39 is 16.0 Å². The Hall–Kier alpha value is -2.95. The molecule has 11 heteroatoms. The maximum atomic E-state index is 13.2. The predicted molar refractivity (Wildman–Crippen MR) is 109 cm³/mol. The number of primary sulfonamides is 1. The molecule has 1 amide bonds. The number of nitrogens with one attached hydrogen (secondary N) is 1. The van der Waals surface area contributed by atoms with Crippen LogP contribution in [0.5, 0.6) is 5.88 Å². The van der Waals surface area contributed by atoms with E-state index in [0.717, 1.165) is 6.07 Å². The lowest BCUT2D eigenvalue weighted by Gasteiger charge is -2.12. The first-order valence-electron chi connectivity index (χ1n) is 8.65. The summed E-state index contributed by atoms with van der Waals surface area (Å²) >= 11 is 6.06. The second-order valence-corrected chi connectivity index (χ2v) is 8.34. The fourth-order valence-corrected chi connectivity index (χ4v) is 3.73. The summed E-state index contributed by atoms with van der Waals surface area (Å²) in [5, 5.41) is 11.9. The SMILES string of the molecule is Cn1nc(F)cc1OCc1ccc(NC(=O)Cc2ccccc2Cl)cc1S(N)(=O)=O. The molecule has 3 rings (SSSR count). The molecule has 1 aromatic heterocycles. The maximum Gasteiger partial charge on any atom is 0.238 e. The fraction of sp³-hybridized carbons (Fsp3) is 0.158. The molecule has 2 aromatic carbocycles. The van der Waals surface area contributed by atoms with Crippen molar-refractivity contribution in [3.8, 4) is 5.88 Å². The maximum absolute atomic E-state index is 13.2. The Labute approximate surface area is 177 Å². The fourth-order valence-electron chi connectivity index (χ4n) is 2.74. The van der Waals surface area contributed by atoms with Gasteiger partial charge in [-0.1, -0.05) is 35.9 Å². The van der Waals surface area contributed by atoms with Crippen molar-refractivity contribution in [1.29, 1.82) is 0 Å². The van der Waals surface area contributed by atoms with Crippen molar-refractivity contribution >= 4 is 33.2 Å². The quantitative estimate of drug-likeness (QED) is 0.571. The van der Waals surface area contributed by atoms with Gasteiger partial charge in [0.15, 0.2) is 0 Å². The molecule has 0 unspecified atom stereocenters. The Bertz CT molecular complexity index is 1200. The standard InChI is InChI=1S/C19H18ClFN4O4S/c1-25-19(10-17(21)24-25)29-11-13-6-7-14(9-16(13)30(22,27)28)23-18(26)8-12-4-2-3-5-15(12)20/h2-7,9-10H,8,11H2,1H3,(H,23,26)(H2,22,27,28). The van der Waals surface area contributed by atoms with Crippen molar-refractivity contribution in [1.82, 2.24) is 9.78 Å². The molecule has 0 saturated carbocycles. The van der Waals surface area contributed by atoms with E-state index in [4.69, 9.17) is 21.5 Å². The first-order chi connectivity index (χ1) is 14.1. The number of hydrogen-bond donors (Lipinski definition) is 2. The van der Waals surface area contributed by atoms with Crippen molar-refractivity contribution in [3.63, 3.8) is 0 Å². The van der Waals surface area contributed by atoms with Gasteiger partial charge in [0.1, 0.15) is 6.61 Å². The summed E-state index contributed by atoms with van der Waals surface area (Å²) in [7, 11) is -2.63. The van der Waals surface area contributed by atoms with Crippen molar-refractivity contribution < 1.29 is 22.3 Å². The summed E-state index contributed by atoms with van der Waals surface area (Å²) in [4.78, 5) is 12.1. The molecule has 0 saturated heterocycles. The molecule has 1 heterocycles. The third kappa shape index (κ3) is 5.35. The Balaban J connectivity index is 1.78. The Kier molecular flexibility index (Phi) is 6.40. The second-order valence-electron chi connectivity index (χ2n) is 6.40. The minimum Gasteiger partial charge on any atom is -0.473 e. The Morgan fingerprint density at radius 2 is 1.97 bits per heavy atom. The number of amides is 1. The highest BCUT2D eigenvalue weighted by Gasteiger charge is 2.17. The Morgan fingerprint density at radius 1 is 1.23 bits per heavy atom. The first kappa shape index (κ1) is 21.8. The Morgan fingerprint density at radius 3 is 2.60 bits per heavy atom. The van der Waals surface area contributed by atoms with Gasteiger partial charge in [-0.15, -0.1) is 5.10 Å². The van der Waals surface area contributed by atoms with Crippen LogP contribution in [0.25, 0.3) is 0 Å². The van der Waals surface area contributed by atoms with E-state index >= 15 is 0 Å². The number of hydrogen-bond acceptors (Lipinski definition) is 5. The number of nitrogens with two attached hydrogens (primary N) is 1. The number of anilines is 1. The van der Waals surface area contributed by atoms with Gasteiger partial charge < -0.3 is 10.1 Å². The average Bonchev–Trinajstić information content (AvgIpc) is 2.99. The molecule has 0 atom stereocenters. The van der Waals surface area contributed by atoms with Crippen LogP contribution in [0.15, 0.2) is 53.4 Å². The van der Waals surface area contributed by atoms with Crippen LogP contribution in [0.1, 0.15) is 11.1 Å². The molecule has 0 spiro atoms. The number of aryl methyl sites for hydroxylation is 1. The van der Waals surface area contributed by atoms with Gasteiger partial charge in [0.2, 0.25) is 27.8 Å². The number of halogens is 2. The van der Waals surface area contributed by atoms with E-state index in [2.05, 4.69) is 10.4 Å². The van der Waals surface area contributed by atoms with Crippen LogP contribution >= 0.6 is 11.6 Å². The van der Waals surface area contributed by atoms with Gasteiger partial charge >= 0.3 is 0 Å². The molecule has 3 N–H and O–H groups in total. The summed E-state index contributed by atoms with van der Waals surface area (Å²) in [5.41, 5.74) is 1.12. The number of carbonyl (C=O) groups is 1. The molecule has 30 heavy (non-hydrogen) atoms. The van der Waals surface area contributed by atoms with E-state index in [-0.39, 0.29) is 41.0 Å². The number of benzene rings is 2. The first-order valence-corrected chi connectivity index (χ1v) is 10.6. The van der Waals surface area contributed by atoms with Gasteiger partial charge in [0.25, 0.3) is 0 Å². The molecule has 0 radical (unpaired) electrons. The number of nitrogens with zero attached hydrogens (tertiary/aromatic N) is 2. The lowest BCUT2D eigenvalue weighted by atomic mass is 10.1. The minimum atomic E-state index is -4.12. The van der Waals surface area contributed by atoms with Gasteiger partial charge in [-0.2, -0.15) is 4.39 Å². The van der Waals surface area contributed by atoms with E-state index in [1.54, 1.807) is 24.3 Å². The summed E-state index contributed by atoms with van der Waals surface area (Å²) in [5.74, 6) is -0.987. The van der Waals surface area contributed by atoms with Crippen molar-refractivity contribution in [2.45, 2.75) is 17.9 Å². The van der Waals surface area contributed by atoms with E-state index in [1.165, 1.54) is 29.9 Å². The monoisotopic (exact) mass is 452 g/mol. The zero-order chi connectivity index (χ0) is 21.9. The highest BCUT2D eigenvalue weighted by atomic mass is 35.5. The molecule has 3 aromatic rings. The predicted octanol–water partition coefficient (Wildman–Crippen LogP) is 2.62. The van der Waals surface area contributed by atoms with Gasteiger partial charge in [0.05, 0.1) is 17.4 Å². The van der Waals surface area contributed by atoms with Crippen LogP contribution in [-0.4, -0.2) is 24.1 Å². The van der Waals surface area contributed by atoms with Crippen molar-refractivity contribution in [2.75, 3.05) is 5.32 Å². The topological polar surface area (TPSA) is 116 Å². The number of sulfonamides is 1. The van der Waals surface area contributed by atoms with Crippen LogP contribution in [0.3, 0.4) is 0 Å². The van der Waals surface area contributed by atoms with E-state index in [0.29, 0.717) is 10.6 Å². The molecule has 0 fully saturated rings. The zero-order valence-electron chi connectivity index (χ0n) is 15.8. The molecule has 0 aliphatic rings. The van der Waals surface area contributed by atoms with Crippen LogP contribution in [0.2, 0.25) is 5.02 Å². The number of aromatic nitrogens is 2. The van der Waals surface area contributed by atoms with Gasteiger partial charge in [-0.3, -0.25) is 4.79 Å². The zero-order valence-corrected chi connectivity index (χ0v) is 17.4. The van der Waals surface area contributed by atoms with Gasteiger partial charge in [-0.05, 0) is 23.8 Å². The summed E-state index contributed by atoms with van der Waals surface area (Å²) in [6.45, 7) is -0.196. The van der Waals surface area contributed by atoms with Crippen LogP contribution in [0.4, 0.5) is 10.1 Å². The largest absolute Gasteiger partial charge is 0.473 e. The number of ether oxygens (including phenoxy) is 1. The number of carbonyl (C=O) groups excluding carboxylic acids is 1. The van der Waals surface area contributed by atoms with Gasteiger partial charge in [-0.25, -0.2) is 18.2 Å². The van der Waals surface area contributed by atoms with Gasteiger partial charge in [0, 0.05) is 23.3 Å². The van der Waals surface area contributed by atoms with Crippen molar-refractivity contribution in [3.05, 3.63) is 70.6 Å². The van der Waals surface area contributed by atoms with E-state index in [9.17, 15) is 17.6 Å². The molecule has 0 aliphatic carbocycles. The molecule has 0 bridgehead atoms. The molecule has 158 valence electrons. The normalized spacial score (nSPS) is 11.3. The third-order valence-corrected chi connectivity index (χ3v) is 5.51. The third-order valence-electron chi connectivity index (χ3n) is 4.15. The molecular formula is C19H18ClFN4O4S. The summed E-state index contributed by atoms with van der Waals surface area (Å²) in [6.07, 6.45) is 0.0152. The second kappa shape index (κ2) is 8.82. The molecule has 0 aliphatic heterocycles. The minimum absolute atomic E-state index is 0.0152.